The number of aryl methyl sites for hydroxylation is 1. The van der Waals surface area contributed by atoms with Crippen molar-refractivity contribution in [1.29, 1.82) is 0 Å². The molecule has 0 amide bonds. The van der Waals surface area contributed by atoms with Gasteiger partial charge in [-0.25, -0.2) is 4.98 Å². The first-order valence-corrected chi connectivity index (χ1v) is 7.06. The van der Waals surface area contributed by atoms with Gasteiger partial charge < -0.3 is 14.8 Å². The number of hydrogen-bond donors (Lipinski definition) is 1. The van der Waals surface area contributed by atoms with Crippen molar-refractivity contribution < 1.29 is 9.47 Å². The summed E-state index contributed by atoms with van der Waals surface area (Å²) >= 11 is 0. The number of pyridine rings is 1. The second kappa shape index (κ2) is 7.20. The van der Waals surface area contributed by atoms with Crippen LogP contribution in [0.5, 0.6) is 11.5 Å². The molecule has 1 N–H and O–H groups in total. The summed E-state index contributed by atoms with van der Waals surface area (Å²) < 4.78 is 10.6. The van der Waals surface area contributed by atoms with E-state index in [0.717, 1.165) is 39.5 Å². The van der Waals surface area contributed by atoms with Gasteiger partial charge in [0, 0.05) is 22.5 Å². The Morgan fingerprint density at radius 3 is 2.35 bits per heavy atom. The molecule has 0 spiro atoms. The lowest BCUT2D eigenvalue weighted by atomic mass is 10.1. The van der Waals surface area contributed by atoms with Crippen molar-refractivity contribution in [3.05, 3.63) is 54.2 Å². The Balaban J connectivity index is 0.00000192. The van der Waals surface area contributed by atoms with E-state index in [1.54, 1.807) is 14.2 Å². The van der Waals surface area contributed by atoms with Gasteiger partial charge in [0.25, 0.3) is 0 Å². The van der Waals surface area contributed by atoms with Crippen LogP contribution in [-0.4, -0.2) is 19.2 Å². The largest absolute Gasteiger partial charge is 0.497 e. The number of hydrogen-bond acceptors (Lipinski definition) is 4. The molecule has 0 atom stereocenters. The van der Waals surface area contributed by atoms with Crippen molar-refractivity contribution in [1.82, 2.24) is 4.98 Å². The summed E-state index contributed by atoms with van der Waals surface area (Å²) in [6, 6.07) is 15.8. The predicted molar refractivity (Wildman–Crippen MR) is 96.6 cm³/mol. The minimum absolute atomic E-state index is 0. The third-order valence-electron chi connectivity index (χ3n) is 3.52. The van der Waals surface area contributed by atoms with Crippen molar-refractivity contribution in [2.75, 3.05) is 19.5 Å². The Morgan fingerprint density at radius 2 is 1.70 bits per heavy atom. The Morgan fingerprint density at radius 1 is 0.957 bits per heavy atom. The van der Waals surface area contributed by atoms with Gasteiger partial charge in [-0.2, -0.15) is 0 Å². The number of halogens is 1. The number of methoxy groups -OCH3 is 2. The average molecular weight is 331 g/mol. The highest BCUT2D eigenvalue weighted by Crippen LogP contribution is 2.31. The first kappa shape index (κ1) is 16.9. The van der Waals surface area contributed by atoms with Crippen LogP contribution in [-0.2, 0) is 0 Å². The van der Waals surface area contributed by atoms with E-state index in [1.165, 1.54) is 0 Å². The highest BCUT2D eigenvalue weighted by molar-refractivity contribution is 5.96. The van der Waals surface area contributed by atoms with Gasteiger partial charge in [0.2, 0.25) is 0 Å². The van der Waals surface area contributed by atoms with Gasteiger partial charge >= 0.3 is 0 Å². The van der Waals surface area contributed by atoms with Crippen molar-refractivity contribution >= 4 is 34.7 Å². The summed E-state index contributed by atoms with van der Waals surface area (Å²) in [5, 5.41) is 4.47. The summed E-state index contributed by atoms with van der Waals surface area (Å²) in [6.45, 7) is 1.98. The van der Waals surface area contributed by atoms with Crippen molar-refractivity contribution in [3.8, 4) is 11.5 Å². The molecule has 0 saturated carbocycles. The Labute approximate surface area is 141 Å². The zero-order valence-corrected chi connectivity index (χ0v) is 14.1. The fourth-order valence-corrected chi connectivity index (χ4v) is 2.45. The molecular formula is C18H19ClN2O2. The van der Waals surface area contributed by atoms with E-state index in [1.807, 2.05) is 55.5 Å². The first-order chi connectivity index (χ1) is 10.7. The molecule has 0 aliphatic heterocycles. The van der Waals surface area contributed by atoms with E-state index >= 15 is 0 Å². The molecule has 2 aromatic carbocycles. The highest BCUT2D eigenvalue weighted by Gasteiger charge is 2.08. The number of ether oxygens (including phenoxy) is 2. The molecule has 0 fully saturated rings. The van der Waals surface area contributed by atoms with Crippen molar-refractivity contribution in [3.63, 3.8) is 0 Å². The fourth-order valence-electron chi connectivity index (χ4n) is 2.45. The van der Waals surface area contributed by atoms with Crippen LogP contribution >= 0.6 is 12.4 Å². The number of nitrogens with one attached hydrogen (secondary N) is 1. The third kappa shape index (κ3) is 3.48. The van der Waals surface area contributed by atoms with Crippen LogP contribution in [0.4, 0.5) is 11.4 Å². The number of nitrogens with zero attached hydrogens (tertiary/aromatic N) is 1. The van der Waals surface area contributed by atoms with Gasteiger partial charge in [-0.3, -0.25) is 0 Å². The van der Waals surface area contributed by atoms with Gasteiger partial charge in [0.15, 0.2) is 0 Å². The molecule has 3 aromatic rings. The van der Waals surface area contributed by atoms with Gasteiger partial charge in [-0.15, -0.1) is 12.4 Å². The van der Waals surface area contributed by atoms with E-state index in [9.17, 15) is 0 Å². The molecule has 1 heterocycles. The summed E-state index contributed by atoms with van der Waals surface area (Å²) in [6.07, 6.45) is 0. The highest BCUT2D eigenvalue weighted by atomic mass is 35.5. The van der Waals surface area contributed by atoms with E-state index in [2.05, 4.69) is 10.3 Å². The Hall–Kier alpha value is -2.46. The molecule has 3 rings (SSSR count). The van der Waals surface area contributed by atoms with E-state index in [-0.39, 0.29) is 12.4 Å². The summed E-state index contributed by atoms with van der Waals surface area (Å²) in [4.78, 5) is 4.59. The van der Waals surface area contributed by atoms with Crippen LogP contribution in [0.25, 0.3) is 10.9 Å². The second-order valence-electron chi connectivity index (χ2n) is 5.02. The predicted octanol–water partition coefficient (Wildman–Crippen LogP) is 4.73. The lowest BCUT2D eigenvalue weighted by molar-refractivity contribution is 0.415. The summed E-state index contributed by atoms with van der Waals surface area (Å²) in [5.41, 5.74) is 3.80. The second-order valence-corrected chi connectivity index (χ2v) is 5.02. The molecule has 0 saturated heterocycles. The summed E-state index contributed by atoms with van der Waals surface area (Å²) in [7, 11) is 3.32. The maximum absolute atomic E-state index is 5.41. The number of fused-ring (bicyclic) bond motifs is 1. The smallest absolute Gasteiger partial charge is 0.145 e. The van der Waals surface area contributed by atoms with Crippen LogP contribution in [0, 0.1) is 6.92 Å². The maximum Gasteiger partial charge on any atom is 0.145 e. The number of rotatable bonds is 4. The minimum atomic E-state index is 0. The topological polar surface area (TPSA) is 43.4 Å². The number of aromatic nitrogens is 1. The number of para-hydroxylation sites is 1. The fraction of sp³-hybridized carbons (Fsp3) is 0.167. The molecular weight excluding hydrogens is 312 g/mol. The maximum atomic E-state index is 5.41. The Bertz CT molecular complexity index is 804. The SMILES string of the molecule is COc1ccc(Nc2cc(C)nc3c(OC)cccc23)cc1.Cl. The molecule has 0 radical (unpaired) electrons. The molecule has 120 valence electrons. The third-order valence-corrected chi connectivity index (χ3v) is 3.52. The average Bonchev–Trinajstić information content (AvgIpc) is 2.55. The van der Waals surface area contributed by atoms with Crippen LogP contribution < -0.4 is 14.8 Å². The van der Waals surface area contributed by atoms with E-state index in [4.69, 9.17) is 9.47 Å². The molecule has 0 unspecified atom stereocenters. The summed E-state index contributed by atoms with van der Waals surface area (Å²) in [5.74, 6) is 1.61. The molecule has 0 aliphatic rings. The van der Waals surface area contributed by atoms with Gasteiger partial charge in [-0.05, 0) is 43.3 Å². The van der Waals surface area contributed by atoms with Crippen LogP contribution in [0.1, 0.15) is 5.69 Å². The molecule has 4 nitrogen and oxygen atoms in total. The van der Waals surface area contributed by atoms with E-state index in [0.29, 0.717) is 0 Å². The number of anilines is 2. The zero-order chi connectivity index (χ0) is 15.5. The monoisotopic (exact) mass is 330 g/mol. The first-order valence-electron chi connectivity index (χ1n) is 7.06. The lowest BCUT2D eigenvalue weighted by Crippen LogP contribution is -1.96. The van der Waals surface area contributed by atoms with Crippen LogP contribution in [0.2, 0.25) is 0 Å². The normalized spacial score (nSPS) is 10.0. The zero-order valence-electron chi connectivity index (χ0n) is 13.3. The number of benzene rings is 2. The molecule has 23 heavy (non-hydrogen) atoms. The van der Waals surface area contributed by atoms with Gasteiger partial charge in [0.1, 0.15) is 17.0 Å². The van der Waals surface area contributed by atoms with Crippen molar-refractivity contribution in [2.45, 2.75) is 6.92 Å². The molecule has 0 bridgehead atoms. The molecule has 1 aromatic heterocycles. The van der Waals surface area contributed by atoms with Crippen LogP contribution in [0.3, 0.4) is 0 Å². The molecule has 0 aliphatic carbocycles. The van der Waals surface area contributed by atoms with Gasteiger partial charge in [-0.1, -0.05) is 12.1 Å². The Kier molecular flexibility index (Phi) is 5.29. The van der Waals surface area contributed by atoms with E-state index < -0.39 is 0 Å². The standard InChI is InChI=1S/C18H18N2O2.ClH/c1-12-11-16(20-13-7-9-14(21-2)10-8-13)15-5-4-6-17(22-3)18(15)19-12;/h4-11H,1-3H3,(H,19,20);1H. The molecule has 5 heteroatoms. The van der Waals surface area contributed by atoms with Gasteiger partial charge in [0.05, 0.1) is 14.2 Å². The lowest BCUT2D eigenvalue weighted by Gasteiger charge is -2.13. The minimum Gasteiger partial charge on any atom is -0.497 e. The van der Waals surface area contributed by atoms with Crippen molar-refractivity contribution in [2.24, 2.45) is 0 Å². The quantitative estimate of drug-likeness (QED) is 0.751. The van der Waals surface area contributed by atoms with Crippen LogP contribution in [0.15, 0.2) is 48.5 Å².